The summed E-state index contributed by atoms with van der Waals surface area (Å²) in [6, 6.07) is 5.11. The Morgan fingerprint density at radius 3 is 2.92 bits per heavy atom. The van der Waals surface area contributed by atoms with Crippen LogP contribution in [0.4, 0.5) is 0 Å². The molecule has 0 radical (unpaired) electrons. The van der Waals surface area contributed by atoms with Gasteiger partial charge in [0, 0.05) is 12.3 Å². The number of carbonyl (C=O) groups excluding carboxylic acids is 1. The summed E-state index contributed by atoms with van der Waals surface area (Å²) in [5, 5.41) is 6.55. The van der Waals surface area contributed by atoms with Crippen LogP contribution in [0.15, 0.2) is 29.5 Å². The second-order valence-electron chi connectivity index (χ2n) is 5.52. The Balaban J connectivity index is 1.83. The summed E-state index contributed by atoms with van der Waals surface area (Å²) in [4.78, 5) is 12.6. The van der Waals surface area contributed by atoms with Crippen molar-refractivity contribution >= 4 is 23.3 Å². The standard InChI is InChI=1S/C17H20N2O5S/c1-3-21-6-7-22-16(20)14-10(2)18-17(25)19-15(14)11-4-5-12-13(8-11)24-9-23-12/h4-5,8,15H,3,6-7,9H2,1-2H3,(H2,18,19,25)/t15-/m0/s1. The van der Waals surface area contributed by atoms with Crippen LogP contribution < -0.4 is 20.1 Å². The summed E-state index contributed by atoms with van der Waals surface area (Å²) in [6.07, 6.45) is 0. The Morgan fingerprint density at radius 2 is 2.12 bits per heavy atom. The van der Waals surface area contributed by atoms with Crippen molar-refractivity contribution in [2.75, 3.05) is 26.6 Å². The predicted octanol–water partition coefficient (Wildman–Crippen LogP) is 1.79. The van der Waals surface area contributed by atoms with Crippen molar-refractivity contribution < 1.29 is 23.7 Å². The minimum Gasteiger partial charge on any atom is -0.460 e. The largest absolute Gasteiger partial charge is 0.460 e. The van der Waals surface area contributed by atoms with Crippen molar-refractivity contribution in [2.45, 2.75) is 19.9 Å². The smallest absolute Gasteiger partial charge is 0.338 e. The Morgan fingerprint density at radius 1 is 1.32 bits per heavy atom. The molecule has 0 spiro atoms. The predicted molar refractivity (Wildman–Crippen MR) is 94.3 cm³/mol. The van der Waals surface area contributed by atoms with Crippen LogP contribution in [0.5, 0.6) is 11.5 Å². The zero-order valence-electron chi connectivity index (χ0n) is 14.1. The molecule has 7 nitrogen and oxygen atoms in total. The van der Waals surface area contributed by atoms with Gasteiger partial charge in [0.05, 0.1) is 18.2 Å². The molecule has 1 aromatic rings. The van der Waals surface area contributed by atoms with E-state index in [1.165, 1.54) is 0 Å². The molecule has 134 valence electrons. The fraction of sp³-hybridized carbons (Fsp3) is 0.412. The van der Waals surface area contributed by atoms with E-state index in [0.29, 0.717) is 41.1 Å². The van der Waals surface area contributed by atoms with Crippen LogP contribution in [-0.2, 0) is 14.3 Å². The fourth-order valence-corrected chi connectivity index (χ4v) is 2.99. The number of nitrogens with one attached hydrogen (secondary N) is 2. The second-order valence-corrected chi connectivity index (χ2v) is 5.92. The molecule has 2 aliphatic rings. The molecule has 1 aromatic carbocycles. The van der Waals surface area contributed by atoms with Gasteiger partial charge in [-0.2, -0.15) is 0 Å². The Hall–Kier alpha value is -2.32. The zero-order valence-corrected chi connectivity index (χ0v) is 14.9. The Bertz CT molecular complexity index is 719. The van der Waals surface area contributed by atoms with Gasteiger partial charge in [-0.1, -0.05) is 6.07 Å². The SMILES string of the molecule is CCOCCOC(=O)C1=C(C)NC(=S)N[C@H]1c1ccc2c(c1)OCO2. The summed E-state index contributed by atoms with van der Waals surface area (Å²) in [7, 11) is 0. The van der Waals surface area contributed by atoms with E-state index in [1.54, 1.807) is 6.92 Å². The molecule has 0 fully saturated rings. The Labute approximate surface area is 151 Å². The third-order valence-corrected chi connectivity index (χ3v) is 4.10. The van der Waals surface area contributed by atoms with Crippen LogP contribution in [0.1, 0.15) is 25.5 Å². The van der Waals surface area contributed by atoms with Gasteiger partial charge in [-0.25, -0.2) is 4.79 Å². The monoisotopic (exact) mass is 364 g/mol. The van der Waals surface area contributed by atoms with Gasteiger partial charge in [-0.05, 0) is 43.8 Å². The van der Waals surface area contributed by atoms with E-state index in [1.807, 2.05) is 25.1 Å². The summed E-state index contributed by atoms with van der Waals surface area (Å²) in [6.45, 7) is 5.02. The third-order valence-electron chi connectivity index (χ3n) is 3.88. The van der Waals surface area contributed by atoms with Gasteiger partial charge in [0.2, 0.25) is 6.79 Å². The molecular weight excluding hydrogens is 344 g/mol. The first-order chi connectivity index (χ1) is 12.1. The van der Waals surface area contributed by atoms with Crippen molar-refractivity contribution in [1.29, 1.82) is 0 Å². The Kier molecular flexibility index (Phi) is 5.40. The molecule has 0 amide bonds. The number of rotatable bonds is 6. The first-order valence-corrected chi connectivity index (χ1v) is 8.43. The normalized spacial score (nSPS) is 18.6. The van der Waals surface area contributed by atoms with Gasteiger partial charge < -0.3 is 29.6 Å². The first kappa shape index (κ1) is 17.5. The zero-order chi connectivity index (χ0) is 17.8. The van der Waals surface area contributed by atoms with Gasteiger partial charge in [0.25, 0.3) is 0 Å². The van der Waals surface area contributed by atoms with Gasteiger partial charge in [-0.15, -0.1) is 0 Å². The molecule has 2 aliphatic heterocycles. The number of ether oxygens (including phenoxy) is 4. The quantitative estimate of drug-likeness (QED) is 0.449. The van der Waals surface area contributed by atoms with Crippen LogP contribution in [-0.4, -0.2) is 37.7 Å². The van der Waals surface area contributed by atoms with Crippen LogP contribution in [0.2, 0.25) is 0 Å². The van der Waals surface area contributed by atoms with E-state index in [0.717, 1.165) is 5.56 Å². The number of fused-ring (bicyclic) bond motifs is 1. The maximum Gasteiger partial charge on any atom is 0.338 e. The minimum absolute atomic E-state index is 0.193. The number of hydrogen-bond acceptors (Lipinski definition) is 6. The fourth-order valence-electron chi connectivity index (χ4n) is 2.72. The average Bonchev–Trinajstić information content (AvgIpc) is 3.05. The van der Waals surface area contributed by atoms with E-state index in [9.17, 15) is 4.79 Å². The highest BCUT2D eigenvalue weighted by molar-refractivity contribution is 7.80. The lowest BCUT2D eigenvalue weighted by Gasteiger charge is -2.30. The average molecular weight is 364 g/mol. The molecule has 0 bridgehead atoms. The molecule has 0 saturated heterocycles. The van der Waals surface area contributed by atoms with Crippen molar-refractivity contribution in [2.24, 2.45) is 0 Å². The molecule has 8 heteroatoms. The number of benzene rings is 1. The number of esters is 1. The maximum absolute atomic E-state index is 12.6. The topological polar surface area (TPSA) is 78.1 Å². The van der Waals surface area contributed by atoms with E-state index in [-0.39, 0.29) is 13.4 Å². The molecular formula is C17H20N2O5S. The lowest BCUT2D eigenvalue weighted by molar-refractivity contribution is -0.141. The number of hydrogen-bond donors (Lipinski definition) is 2. The van der Waals surface area contributed by atoms with Gasteiger partial charge in [-0.3, -0.25) is 0 Å². The highest BCUT2D eigenvalue weighted by Gasteiger charge is 2.32. The third kappa shape index (κ3) is 3.85. The molecule has 0 unspecified atom stereocenters. The van der Waals surface area contributed by atoms with Crippen molar-refractivity contribution in [3.8, 4) is 11.5 Å². The summed E-state index contributed by atoms with van der Waals surface area (Å²) < 4.78 is 21.3. The molecule has 0 aliphatic carbocycles. The maximum atomic E-state index is 12.6. The number of carbonyl (C=O) groups is 1. The van der Waals surface area contributed by atoms with E-state index in [4.69, 9.17) is 31.2 Å². The minimum atomic E-state index is -0.428. The highest BCUT2D eigenvalue weighted by atomic mass is 32.1. The van der Waals surface area contributed by atoms with Crippen LogP contribution in [0.3, 0.4) is 0 Å². The highest BCUT2D eigenvalue weighted by Crippen LogP contribution is 2.37. The molecule has 2 N–H and O–H groups in total. The lowest BCUT2D eigenvalue weighted by atomic mass is 9.95. The van der Waals surface area contributed by atoms with E-state index < -0.39 is 12.0 Å². The van der Waals surface area contributed by atoms with Crippen LogP contribution in [0.25, 0.3) is 0 Å². The van der Waals surface area contributed by atoms with Crippen LogP contribution >= 0.6 is 12.2 Å². The first-order valence-electron chi connectivity index (χ1n) is 8.03. The van der Waals surface area contributed by atoms with Crippen LogP contribution in [0, 0.1) is 0 Å². The summed E-state index contributed by atoms with van der Waals surface area (Å²) >= 11 is 5.24. The van der Waals surface area contributed by atoms with Gasteiger partial charge >= 0.3 is 5.97 Å². The van der Waals surface area contributed by atoms with Crippen molar-refractivity contribution in [1.82, 2.24) is 10.6 Å². The van der Waals surface area contributed by atoms with Gasteiger partial charge in [0.1, 0.15) is 6.61 Å². The summed E-state index contributed by atoms with van der Waals surface area (Å²) in [5.74, 6) is 0.912. The number of allylic oxidation sites excluding steroid dienone is 1. The second kappa shape index (κ2) is 7.71. The van der Waals surface area contributed by atoms with Crippen molar-refractivity contribution in [3.05, 3.63) is 35.0 Å². The summed E-state index contributed by atoms with van der Waals surface area (Å²) in [5.41, 5.74) is 1.97. The number of thiocarbonyl (C=S) groups is 1. The molecule has 2 heterocycles. The van der Waals surface area contributed by atoms with E-state index in [2.05, 4.69) is 10.6 Å². The molecule has 0 aromatic heterocycles. The van der Waals surface area contributed by atoms with E-state index >= 15 is 0 Å². The van der Waals surface area contributed by atoms with Gasteiger partial charge in [0.15, 0.2) is 16.6 Å². The molecule has 25 heavy (non-hydrogen) atoms. The lowest BCUT2D eigenvalue weighted by Crippen LogP contribution is -2.45. The van der Waals surface area contributed by atoms with Crippen molar-refractivity contribution in [3.63, 3.8) is 0 Å². The molecule has 1 atom stereocenters. The molecule has 3 rings (SSSR count). The molecule has 0 saturated carbocycles.